The van der Waals surface area contributed by atoms with Crippen LogP contribution in [-0.2, 0) is 0 Å². The van der Waals surface area contributed by atoms with E-state index in [0.717, 1.165) is 25.7 Å². The molecule has 0 fully saturated rings. The fraction of sp³-hybridized carbons (Fsp3) is 0.800. The van der Waals surface area contributed by atoms with Crippen LogP contribution in [0.15, 0.2) is 15.8 Å². The first-order valence-electron chi connectivity index (χ1n) is 10.0. The van der Waals surface area contributed by atoms with Gasteiger partial charge in [0.05, 0.1) is 13.3 Å². The number of aromatic amines is 1. The Labute approximate surface area is 151 Å². The van der Waals surface area contributed by atoms with Crippen LogP contribution in [0.1, 0.15) is 96.9 Å². The van der Waals surface area contributed by atoms with Gasteiger partial charge in [-0.15, -0.1) is 0 Å². The molecule has 1 heterocycles. The van der Waals surface area contributed by atoms with E-state index in [1.54, 1.807) is 10.8 Å². The number of unbranched alkanes of at least 4 members (excludes halogenated alkanes) is 8. The van der Waals surface area contributed by atoms with Crippen LogP contribution in [0.5, 0.6) is 5.75 Å². The number of nitrogens with zero attached hydrogens (tertiary/aromatic N) is 1. The third-order valence-electron chi connectivity index (χ3n) is 4.83. The molecule has 5 heteroatoms. The highest BCUT2D eigenvalue weighted by Gasteiger charge is 2.15. The van der Waals surface area contributed by atoms with Gasteiger partial charge in [0.15, 0.2) is 0 Å². The van der Waals surface area contributed by atoms with Crippen LogP contribution < -0.4 is 16.0 Å². The zero-order chi connectivity index (χ0) is 18.5. The maximum Gasteiger partial charge on any atom is 0.328 e. The number of rotatable bonds is 14. The molecular weight excluding hydrogens is 316 g/mol. The van der Waals surface area contributed by atoms with Gasteiger partial charge in [-0.1, -0.05) is 78.1 Å². The van der Waals surface area contributed by atoms with Gasteiger partial charge in [0.1, 0.15) is 0 Å². The lowest BCUT2D eigenvalue weighted by atomic mass is 10.00. The Morgan fingerprint density at radius 2 is 1.44 bits per heavy atom. The molecule has 1 rings (SSSR count). The second-order valence-electron chi connectivity index (χ2n) is 6.92. The summed E-state index contributed by atoms with van der Waals surface area (Å²) in [5.74, 6) is 0.210. The van der Waals surface area contributed by atoms with Crippen molar-refractivity contribution in [2.75, 3.05) is 7.11 Å². The minimum atomic E-state index is -0.451. The Hall–Kier alpha value is -1.52. The molecule has 0 aromatic carbocycles. The summed E-state index contributed by atoms with van der Waals surface area (Å²) in [6.45, 7) is 4.43. The number of hydrogen-bond donors (Lipinski definition) is 1. The van der Waals surface area contributed by atoms with Gasteiger partial charge in [0, 0.05) is 6.04 Å². The smallest absolute Gasteiger partial charge is 0.328 e. The topological polar surface area (TPSA) is 64.1 Å². The van der Waals surface area contributed by atoms with Crippen LogP contribution in [0.4, 0.5) is 0 Å². The normalized spacial score (nSPS) is 11.2. The van der Waals surface area contributed by atoms with Crippen molar-refractivity contribution in [3.63, 3.8) is 0 Å². The SMILES string of the molecule is CCCCCCCC(CCCCCCC)n1cc(OC)c(=O)[nH]c1=O. The van der Waals surface area contributed by atoms with Crippen molar-refractivity contribution in [3.05, 3.63) is 27.0 Å². The standard InChI is InChI=1S/C20H36N2O3/c1-4-6-8-10-12-14-17(15-13-11-9-7-5-2)22-16-18(25-3)19(23)21-20(22)24/h16-17H,4-15H2,1-3H3,(H,21,23,24). The first kappa shape index (κ1) is 21.5. The van der Waals surface area contributed by atoms with Crippen molar-refractivity contribution in [2.24, 2.45) is 0 Å². The van der Waals surface area contributed by atoms with Crippen molar-refractivity contribution < 1.29 is 4.74 Å². The number of aromatic nitrogens is 2. The number of ether oxygens (including phenoxy) is 1. The lowest BCUT2D eigenvalue weighted by Crippen LogP contribution is -2.32. The van der Waals surface area contributed by atoms with Gasteiger partial charge in [-0.2, -0.15) is 0 Å². The maximum atomic E-state index is 12.3. The van der Waals surface area contributed by atoms with E-state index in [1.165, 1.54) is 58.5 Å². The zero-order valence-electron chi connectivity index (χ0n) is 16.3. The van der Waals surface area contributed by atoms with Gasteiger partial charge in [0.25, 0.3) is 5.56 Å². The summed E-state index contributed by atoms with van der Waals surface area (Å²) in [5, 5.41) is 0. The van der Waals surface area contributed by atoms with E-state index in [0.29, 0.717) is 0 Å². The van der Waals surface area contributed by atoms with Gasteiger partial charge < -0.3 is 4.74 Å². The molecule has 0 radical (unpaired) electrons. The second-order valence-corrected chi connectivity index (χ2v) is 6.92. The van der Waals surface area contributed by atoms with Crippen LogP contribution in [0.3, 0.4) is 0 Å². The maximum absolute atomic E-state index is 12.3. The molecule has 0 unspecified atom stereocenters. The Kier molecular flexibility index (Phi) is 11.0. The summed E-state index contributed by atoms with van der Waals surface area (Å²) < 4.78 is 6.78. The molecule has 0 aliphatic rings. The van der Waals surface area contributed by atoms with Gasteiger partial charge in [-0.05, 0) is 12.8 Å². The van der Waals surface area contributed by atoms with Crippen molar-refractivity contribution >= 4 is 0 Å². The van der Waals surface area contributed by atoms with Crippen molar-refractivity contribution in [1.29, 1.82) is 0 Å². The fourth-order valence-corrected chi connectivity index (χ4v) is 3.27. The van der Waals surface area contributed by atoms with Crippen molar-refractivity contribution in [1.82, 2.24) is 9.55 Å². The largest absolute Gasteiger partial charge is 0.490 e. The van der Waals surface area contributed by atoms with Gasteiger partial charge in [-0.25, -0.2) is 4.79 Å². The Balaban J connectivity index is 2.75. The third-order valence-corrected chi connectivity index (χ3v) is 4.83. The molecule has 1 N–H and O–H groups in total. The monoisotopic (exact) mass is 352 g/mol. The van der Waals surface area contributed by atoms with Gasteiger partial charge in [-0.3, -0.25) is 14.3 Å². The van der Waals surface area contributed by atoms with Crippen molar-refractivity contribution in [2.45, 2.75) is 96.9 Å². The van der Waals surface area contributed by atoms with Crippen LogP contribution in [0.25, 0.3) is 0 Å². The van der Waals surface area contributed by atoms with E-state index in [1.807, 2.05) is 0 Å². The first-order chi connectivity index (χ1) is 12.1. The van der Waals surface area contributed by atoms with Gasteiger partial charge in [0.2, 0.25) is 5.75 Å². The Bertz CT molecular complexity index is 563. The van der Waals surface area contributed by atoms with Crippen LogP contribution >= 0.6 is 0 Å². The van der Waals surface area contributed by atoms with Crippen LogP contribution in [0, 0.1) is 0 Å². The van der Waals surface area contributed by atoms with E-state index in [-0.39, 0.29) is 17.5 Å². The van der Waals surface area contributed by atoms with Crippen LogP contribution in [-0.4, -0.2) is 16.7 Å². The molecule has 1 aromatic rings. The lowest BCUT2D eigenvalue weighted by molar-refractivity contribution is 0.359. The predicted octanol–water partition coefficient (Wildman–Crippen LogP) is 4.81. The van der Waals surface area contributed by atoms with E-state index in [2.05, 4.69) is 18.8 Å². The minimum absolute atomic E-state index is 0.140. The highest BCUT2D eigenvalue weighted by atomic mass is 16.5. The number of methoxy groups -OCH3 is 1. The average molecular weight is 353 g/mol. The molecule has 0 amide bonds. The fourth-order valence-electron chi connectivity index (χ4n) is 3.27. The molecule has 1 aromatic heterocycles. The molecule has 144 valence electrons. The summed E-state index contributed by atoms with van der Waals surface area (Å²) in [6, 6.07) is 0.140. The summed E-state index contributed by atoms with van der Waals surface area (Å²) in [4.78, 5) is 26.4. The molecule has 0 saturated carbocycles. The molecule has 0 saturated heterocycles. The summed E-state index contributed by atoms with van der Waals surface area (Å²) in [6.07, 6.45) is 15.7. The highest BCUT2D eigenvalue weighted by molar-refractivity contribution is 5.12. The van der Waals surface area contributed by atoms with Crippen LogP contribution in [0.2, 0.25) is 0 Å². The number of hydrogen-bond acceptors (Lipinski definition) is 3. The molecule has 0 spiro atoms. The molecule has 0 aliphatic heterocycles. The molecule has 5 nitrogen and oxygen atoms in total. The number of H-pyrrole nitrogens is 1. The molecule has 0 aliphatic carbocycles. The van der Waals surface area contributed by atoms with E-state index in [9.17, 15) is 9.59 Å². The predicted molar refractivity (Wildman–Crippen MR) is 104 cm³/mol. The van der Waals surface area contributed by atoms with E-state index < -0.39 is 5.56 Å². The van der Waals surface area contributed by atoms with E-state index in [4.69, 9.17) is 4.74 Å². The minimum Gasteiger partial charge on any atom is -0.490 e. The molecule has 0 bridgehead atoms. The average Bonchev–Trinajstić information content (AvgIpc) is 2.60. The molecule has 0 atom stereocenters. The highest BCUT2D eigenvalue weighted by Crippen LogP contribution is 2.23. The van der Waals surface area contributed by atoms with Crippen molar-refractivity contribution in [3.8, 4) is 5.75 Å². The Morgan fingerprint density at radius 1 is 0.920 bits per heavy atom. The van der Waals surface area contributed by atoms with Gasteiger partial charge >= 0.3 is 5.69 Å². The third kappa shape index (κ3) is 7.93. The van der Waals surface area contributed by atoms with E-state index >= 15 is 0 Å². The molecule has 25 heavy (non-hydrogen) atoms. The first-order valence-corrected chi connectivity index (χ1v) is 10.0. The summed E-state index contributed by atoms with van der Waals surface area (Å²) >= 11 is 0. The lowest BCUT2D eigenvalue weighted by Gasteiger charge is -2.20. The molecular formula is C20H36N2O3. The Morgan fingerprint density at radius 3 is 1.92 bits per heavy atom. The quantitative estimate of drug-likeness (QED) is 0.489. The number of nitrogens with one attached hydrogen (secondary N) is 1. The second kappa shape index (κ2) is 12.8. The zero-order valence-corrected chi connectivity index (χ0v) is 16.3. The summed E-state index contributed by atoms with van der Waals surface area (Å²) in [5.41, 5.74) is -0.772. The summed E-state index contributed by atoms with van der Waals surface area (Å²) in [7, 11) is 1.46.